The molecule has 0 bridgehead atoms. The van der Waals surface area contributed by atoms with Crippen LogP contribution in [-0.2, 0) is 0 Å². The number of hydrogen-bond acceptors (Lipinski definition) is 3. The Kier molecular flexibility index (Phi) is 7.96. The van der Waals surface area contributed by atoms with Crippen LogP contribution in [0.4, 0.5) is 0 Å². The van der Waals surface area contributed by atoms with Crippen LogP contribution in [0.5, 0.6) is 0 Å². The van der Waals surface area contributed by atoms with E-state index in [1.165, 1.54) is 19.3 Å². The molecular weight excluding hydrogens is 238 g/mol. The van der Waals surface area contributed by atoms with Crippen LogP contribution in [0.3, 0.4) is 0 Å². The fourth-order valence-corrected chi connectivity index (χ4v) is 3.39. The lowest BCUT2D eigenvalue weighted by Crippen LogP contribution is -2.46. The molecule has 1 rings (SSSR count). The Labute approximate surface area is 119 Å². The van der Waals surface area contributed by atoms with Gasteiger partial charge in [-0.2, -0.15) is 0 Å². The molecule has 0 amide bonds. The molecule has 0 aliphatic carbocycles. The van der Waals surface area contributed by atoms with Crippen molar-refractivity contribution in [3.05, 3.63) is 0 Å². The average molecular weight is 271 g/mol. The maximum absolute atomic E-state index is 10.00. The van der Waals surface area contributed by atoms with Gasteiger partial charge in [0.1, 0.15) is 0 Å². The number of rotatable bonds is 8. The lowest BCUT2D eigenvalue weighted by Gasteiger charge is -2.41. The monoisotopic (exact) mass is 271 g/mol. The molecule has 1 fully saturated rings. The van der Waals surface area contributed by atoms with Gasteiger partial charge in [0.15, 0.2) is 0 Å². The van der Waals surface area contributed by atoms with Gasteiger partial charge in [-0.1, -0.05) is 33.1 Å². The van der Waals surface area contributed by atoms with Crippen molar-refractivity contribution < 1.29 is 10.2 Å². The smallest absolute Gasteiger partial charge is 0.0555 e. The molecule has 0 unspecified atom stereocenters. The van der Waals surface area contributed by atoms with Crippen LogP contribution in [0.1, 0.15) is 71.6 Å². The van der Waals surface area contributed by atoms with Crippen LogP contribution in [0.15, 0.2) is 0 Å². The Bertz CT molecular complexity index is 213. The molecule has 0 aromatic rings. The minimum Gasteiger partial charge on any atom is -0.393 e. The first-order chi connectivity index (χ1) is 9.08. The van der Waals surface area contributed by atoms with Crippen LogP contribution in [0.25, 0.3) is 0 Å². The molecule has 3 heteroatoms. The lowest BCUT2D eigenvalue weighted by atomic mass is 9.89. The van der Waals surface area contributed by atoms with E-state index in [1.807, 2.05) is 0 Å². The highest BCUT2D eigenvalue weighted by molar-refractivity contribution is 4.85. The highest BCUT2D eigenvalue weighted by Gasteiger charge is 2.29. The Balaban J connectivity index is 2.43. The number of aliphatic hydroxyl groups excluding tert-OH is 2. The van der Waals surface area contributed by atoms with E-state index in [2.05, 4.69) is 25.8 Å². The van der Waals surface area contributed by atoms with Gasteiger partial charge in [0.2, 0.25) is 0 Å². The summed E-state index contributed by atoms with van der Waals surface area (Å²) in [6, 6.07) is 0.989. The highest BCUT2D eigenvalue weighted by Crippen LogP contribution is 2.28. The zero-order chi connectivity index (χ0) is 14.3. The van der Waals surface area contributed by atoms with Crippen molar-refractivity contribution in [2.75, 3.05) is 7.05 Å². The van der Waals surface area contributed by atoms with Gasteiger partial charge in [-0.25, -0.2) is 0 Å². The van der Waals surface area contributed by atoms with Crippen LogP contribution < -0.4 is 0 Å². The zero-order valence-corrected chi connectivity index (χ0v) is 13.0. The van der Waals surface area contributed by atoms with Crippen molar-refractivity contribution in [2.24, 2.45) is 0 Å². The maximum Gasteiger partial charge on any atom is 0.0555 e. The van der Waals surface area contributed by atoms with Crippen molar-refractivity contribution in [1.29, 1.82) is 0 Å². The van der Waals surface area contributed by atoms with Crippen LogP contribution in [0, 0.1) is 0 Å². The average Bonchev–Trinajstić information content (AvgIpc) is 2.35. The maximum atomic E-state index is 10.00. The van der Waals surface area contributed by atoms with E-state index in [0.29, 0.717) is 12.1 Å². The molecule has 2 N–H and O–H groups in total. The van der Waals surface area contributed by atoms with Gasteiger partial charge in [-0.15, -0.1) is 0 Å². The summed E-state index contributed by atoms with van der Waals surface area (Å²) < 4.78 is 0. The van der Waals surface area contributed by atoms with Gasteiger partial charge >= 0.3 is 0 Å². The highest BCUT2D eigenvalue weighted by atomic mass is 16.3. The van der Waals surface area contributed by atoms with Gasteiger partial charge in [0.05, 0.1) is 12.2 Å². The summed E-state index contributed by atoms with van der Waals surface area (Å²) in [5.41, 5.74) is 0. The van der Waals surface area contributed by atoms with Crippen molar-refractivity contribution in [2.45, 2.75) is 95.9 Å². The molecule has 1 saturated heterocycles. The predicted molar refractivity (Wildman–Crippen MR) is 80.3 cm³/mol. The van der Waals surface area contributed by atoms with E-state index in [4.69, 9.17) is 0 Å². The SMILES string of the molecule is CCC[C@@H](O)C[C@H]1CCC[C@@H](C[C@@H](O)CCC)N1C. The largest absolute Gasteiger partial charge is 0.393 e. The van der Waals surface area contributed by atoms with Crippen molar-refractivity contribution in [3.8, 4) is 0 Å². The summed E-state index contributed by atoms with van der Waals surface area (Å²) in [5, 5.41) is 20.0. The quantitative estimate of drug-likeness (QED) is 0.713. The number of hydrogen-bond donors (Lipinski definition) is 2. The summed E-state index contributed by atoms with van der Waals surface area (Å²) in [6.07, 6.45) is 9.02. The van der Waals surface area contributed by atoms with Crippen LogP contribution in [0.2, 0.25) is 0 Å². The van der Waals surface area contributed by atoms with Crippen molar-refractivity contribution in [1.82, 2.24) is 4.90 Å². The normalized spacial score (nSPS) is 28.3. The van der Waals surface area contributed by atoms with E-state index in [1.54, 1.807) is 0 Å². The summed E-state index contributed by atoms with van der Waals surface area (Å²) in [6.45, 7) is 4.25. The van der Waals surface area contributed by atoms with Crippen LogP contribution in [-0.4, -0.2) is 46.5 Å². The molecule has 0 aromatic heterocycles. The Morgan fingerprint density at radius 3 is 1.74 bits per heavy atom. The Hall–Kier alpha value is -0.120. The van der Waals surface area contributed by atoms with Gasteiger partial charge in [-0.05, 0) is 45.6 Å². The van der Waals surface area contributed by atoms with Crippen molar-refractivity contribution >= 4 is 0 Å². The fourth-order valence-electron chi connectivity index (χ4n) is 3.39. The van der Waals surface area contributed by atoms with Crippen molar-refractivity contribution in [3.63, 3.8) is 0 Å². The molecule has 0 spiro atoms. The summed E-state index contributed by atoms with van der Waals surface area (Å²) >= 11 is 0. The van der Waals surface area contributed by atoms with E-state index in [9.17, 15) is 10.2 Å². The van der Waals surface area contributed by atoms with Gasteiger partial charge in [-0.3, -0.25) is 0 Å². The molecule has 114 valence electrons. The minimum atomic E-state index is -0.156. The standard InChI is InChI=1S/C16H33NO2/c1-4-7-15(18)11-13-9-6-10-14(17(13)3)12-16(19)8-5-2/h13-16,18-19H,4-12H2,1-3H3/t13-,14+,15-,16+. The second-order valence-electron chi connectivity index (χ2n) is 6.26. The zero-order valence-electron chi connectivity index (χ0n) is 13.0. The number of likely N-dealkylation sites (tertiary alicyclic amines) is 1. The second kappa shape index (κ2) is 8.93. The molecule has 1 aliphatic heterocycles. The Morgan fingerprint density at radius 1 is 0.947 bits per heavy atom. The third-order valence-corrected chi connectivity index (χ3v) is 4.56. The summed E-state index contributed by atoms with van der Waals surface area (Å²) in [5.74, 6) is 0. The first kappa shape index (κ1) is 16.9. The summed E-state index contributed by atoms with van der Waals surface area (Å²) in [4.78, 5) is 2.42. The molecule has 19 heavy (non-hydrogen) atoms. The van der Waals surface area contributed by atoms with E-state index in [-0.39, 0.29) is 12.2 Å². The lowest BCUT2D eigenvalue weighted by molar-refractivity contribution is 0.0320. The third-order valence-electron chi connectivity index (χ3n) is 4.56. The first-order valence-corrected chi connectivity index (χ1v) is 8.16. The van der Waals surface area contributed by atoms with E-state index >= 15 is 0 Å². The molecule has 0 radical (unpaired) electrons. The third kappa shape index (κ3) is 5.80. The molecular formula is C16H33NO2. The number of piperidine rings is 1. The summed E-state index contributed by atoms with van der Waals surface area (Å²) in [7, 11) is 2.17. The number of aliphatic hydroxyl groups is 2. The molecule has 3 nitrogen and oxygen atoms in total. The van der Waals surface area contributed by atoms with E-state index < -0.39 is 0 Å². The minimum absolute atomic E-state index is 0.156. The molecule has 0 aromatic carbocycles. The fraction of sp³-hybridized carbons (Fsp3) is 1.00. The predicted octanol–water partition coefficient (Wildman–Crippen LogP) is 2.94. The number of nitrogens with zero attached hydrogens (tertiary/aromatic N) is 1. The van der Waals surface area contributed by atoms with Gasteiger partial charge in [0.25, 0.3) is 0 Å². The van der Waals surface area contributed by atoms with Crippen LogP contribution >= 0.6 is 0 Å². The van der Waals surface area contributed by atoms with E-state index in [0.717, 1.165) is 38.5 Å². The van der Waals surface area contributed by atoms with Gasteiger partial charge in [0, 0.05) is 12.1 Å². The molecule has 1 aliphatic rings. The molecule has 1 heterocycles. The second-order valence-corrected chi connectivity index (χ2v) is 6.26. The van der Waals surface area contributed by atoms with Gasteiger partial charge < -0.3 is 15.1 Å². The molecule has 0 saturated carbocycles. The Morgan fingerprint density at radius 2 is 1.37 bits per heavy atom. The topological polar surface area (TPSA) is 43.7 Å². The first-order valence-electron chi connectivity index (χ1n) is 8.16. The molecule has 4 atom stereocenters.